The highest BCUT2D eigenvalue weighted by molar-refractivity contribution is 7.51. The predicted molar refractivity (Wildman–Crippen MR) is 131 cm³/mol. The van der Waals surface area contributed by atoms with Crippen LogP contribution in [-0.4, -0.2) is 76.2 Å². The third kappa shape index (κ3) is 4.54. The number of fused-ring (bicyclic) bond motifs is 3. The van der Waals surface area contributed by atoms with Gasteiger partial charge in [0.2, 0.25) is 5.28 Å². The fourth-order valence-electron chi connectivity index (χ4n) is 6.22. The van der Waals surface area contributed by atoms with Gasteiger partial charge in [-0.05, 0) is 48.6 Å². The first-order chi connectivity index (χ1) is 17.2. The van der Waals surface area contributed by atoms with Gasteiger partial charge in [0.25, 0.3) is 0 Å². The molecule has 13 nitrogen and oxygen atoms in total. The average molecular weight is 560 g/mol. The highest BCUT2D eigenvalue weighted by atomic mass is 35.5. The Balaban J connectivity index is 1.34. The Bertz CT molecular complexity index is 1270. The molecule has 1 amide bonds. The minimum atomic E-state index is -4.32. The third-order valence-corrected chi connectivity index (χ3v) is 9.90. The molecule has 5 N–H and O–H groups in total. The number of anilines is 1. The summed E-state index contributed by atoms with van der Waals surface area (Å²) in [5.74, 6) is 0.502. The summed E-state index contributed by atoms with van der Waals surface area (Å²) in [7, 11) is -4.32. The van der Waals surface area contributed by atoms with Crippen molar-refractivity contribution >= 4 is 42.3 Å². The largest absolute Gasteiger partial charge is 0.445 e. The van der Waals surface area contributed by atoms with Gasteiger partial charge in [-0.25, -0.2) is 9.78 Å². The lowest BCUT2D eigenvalue weighted by atomic mass is 9.70. The zero-order valence-electron chi connectivity index (χ0n) is 20.6. The maximum absolute atomic E-state index is 12.9. The summed E-state index contributed by atoms with van der Waals surface area (Å²) < 4.78 is 24.1. The molecule has 15 heteroatoms. The number of hydrogen-bond acceptors (Lipinski definition) is 9. The van der Waals surface area contributed by atoms with Crippen LogP contribution in [0.25, 0.3) is 11.2 Å². The van der Waals surface area contributed by atoms with E-state index in [0.717, 1.165) is 19.3 Å². The number of aliphatic hydroxyl groups excluding tert-OH is 2. The molecule has 0 spiro atoms. The molecular weight excluding hydrogens is 529 g/mol. The minimum absolute atomic E-state index is 0.0115. The van der Waals surface area contributed by atoms with Crippen LogP contribution in [0.3, 0.4) is 0 Å². The van der Waals surface area contributed by atoms with Crippen LogP contribution >= 0.6 is 19.2 Å². The molecule has 204 valence electrons. The van der Waals surface area contributed by atoms with Crippen molar-refractivity contribution < 1.29 is 38.8 Å². The number of nitrogens with one attached hydrogen (secondary N) is 1. The van der Waals surface area contributed by atoms with E-state index in [-0.39, 0.29) is 45.6 Å². The summed E-state index contributed by atoms with van der Waals surface area (Å²) >= 11 is 6.12. The molecule has 7 atom stereocenters. The molecule has 2 bridgehead atoms. The molecule has 1 saturated heterocycles. The van der Waals surface area contributed by atoms with Gasteiger partial charge in [-0.3, -0.25) is 14.4 Å². The first kappa shape index (κ1) is 26.7. The normalized spacial score (nSPS) is 34.8. The Labute approximate surface area is 217 Å². The van der Waals surface area contributed by atoms with Crippen LogP contribution in [0.2, 0.25) is 5.28 Å². The van der Waals surface area contributed by atoms with E-state index in [0.29, 0.717) is 5.92 Å². The Morgan fingerprint density at radius 2 is 2.03 bits per heavy atom. The molecule has 2 aliphatic carbocycles. The second-order valence-corrected chi connectivity index (χ2v) is 13.1. The molecule has 2 aromatic heterocycles. The number of hydrogen-bond donors (Lipinski definition) is 5. The Hall–Kier alpha value is -1.86. The van der Waals surface area contributed by atoms with E-state index < -0.39 is 44.4 Å². The maximum atomic E-state index is 12.9. The van der Waals surface area contributed by atoms with Crippen molar-refractivity contribution in [3.05, 3.63) is 11.6 Å². The van der Waals surface area contributed by atoms with Crippen molar-refractivity contribution in [2.45, 2.75) is 77.1 Å². The number of amides is 1. The number of aliphatic hydroxyl groups is 2. The lowest BCUT2D eigenvalue weighted by Crippen LogP contribution is -2.39. The Morgan fingerprint density at radius 1 is 1.30 bits per heavy atom. The molecule has 6 unspecified atom stereocenters. The molecule has 0 radical (unpaired) electrons. The van der Waals surface area contributed by atoms with Crippen LogP contribution in [0.5, 0.6) is 0 Å². The van der Waals surface area contributed by atoms with Gasteiger partial charge in [0.1, 0.15) is 18.3 Å². The number of imidazole rings is 1. The van der Waals surface area contributed by atoms with Crippen molar-refractivity contribution in [3.63, 3.8) is 0 Å². The molecule has 2 aromatic rings. The molecule has 5 rings (SSSR count). The quantitative estimate of drug-likeness (QED) is 0.258. The van der Waals surface area contributed by atoms with Crippen molar-refractivity contribution in [1.29, 1.82) is 0 Å². The first-order valence-corrected chi connectivity index (χ1v) is 14.3. The van der Waals surface area contributed by atoms with Crippen LogP contribution in [-0.2, 0) is 14.0 Å². The SMILES string of the molecule is CC1(C)C2CC[C@@]1(C)C(OC(=O)Nc1nc(Cl)nc3c1ncn3C1OC(CCP(=O)(O)O)C(O)C1O)C2. The van der Waals surface area contributed by atoms with E-state index in [1.807, 2.05) is 0 Å². The van der Waals surface area contributed by atoms with Crippen molar-refractivity contribution in [2.24, 2.45) is 16.7 Å². The average Bonchev–Trinajstić information content (AvgIpc) is 3.45. The lowest BCUT2D eigenvalue weighted by molar-refractivity contribution is -0.0355. The van der Waals surface area contributed by atoms with E-state index in [9.17, 15) is 19.6 Å². The maximum Gasteiger partial charge on any atom is 0.413 e. The summed E-state index contributed by atoms with van der Waals surface area (Å²) in [5.41, 5.74) is 0.223. The number of rotatable bonds is 6. The Morgan fingerprint density at radius 3 is 2.65 bits per heavy atom. The summed E-state index contributed by atoms with van der Waals surface area (Å²) in [5, 5.41) is 23.3. The monoisotopic (exact) mass is 559 g/mol. The second kappa shape index (κ2) is 9.11. The van der Waals surface area contributed by atoms with Gasteiger partial charge in [0, 0.05) is 5.41 Å². The minimum Gasteiger partial charge on any atom is -0.445 e. The number of halogens is 1. The highest BCUT2D eigenvalue weighted by Gasteiger charge is 2.63. The van der Waals surface area contributed by atoms with Crippen molar-refractivity contribution in [1.82, 2.24) is 19.5 Å². The molecule has 37 heavy (non-hydrogen) atoms. The van der Waals surface area contributed by atoms with E-state index in [2.05, 4.69) is 41.0 Å². The number of carbonyl (C=O) groups is 1. The van der Waals surface area contributed by atoms with Gasteiger partial charge in [0.05, 0.1) is 18.6 Å². The third-order valence-electron chi connectivity index (χ3n) is 8.89. The zero-order chi connectivity index (χ0) is 26.9. The number of carbonyl (C=O) groups excluding carboxylic acids is 1. The van der Waals surface area contributed by atoms with Gasteiger partial charge in [-0.1, -0.05) is 20.8 Å². The summed E-state index contributed by atoms with van der Waals surface area (Å²) in [4.78, 5) is 43.6. The number of nitrogens with zero attached hydrogens (tertiary/aromatic N) is 4. The van der Waals surface area contributed by atoms with Crippen LogP contribution < -0.4 is 5.32 Å². The van der Waals surface area contributed by atoms with E-state index >= 15 is 0 Å². The molecular formula is C22H31ClN5O8P. The molecule has 2 saturated carbocycles. The number of ether oxygens (including phenoxy) is 2. The molecule has 3 fully saturated rings. The lowest BCUT2D eigenvalue weighted by Gasteiger charge is -2.38. The summed E-state index contributed by atoms with van der Waals surface area (Å²) in [6.45, 7) is 6.60. The predicted octanol–water partition coefficient (Wildman–Crippen LogP) is 2.43. The zero-order valence-corrected chi connectivity index (χ0v) is 22.3. The molecule has 3 aliphatic rings. The van der Waals surface area contributed by atoms with E-state index in [1.54, 1.807) is 0 Å². The molecule has 0 aromatic carbocycles. The smallest absolute Gasteiger partial charge is 0.413 e. The number of aromatic nitrogens is 4. The van der Waals surface area contributed by atoms with Crippen molar-refractivity contribution in [2.75, 3.05) is 11.5 Å². The molecule has 3 heterocycles. The van der Waals surface area contributed by atoms with Crippen LogP contribution in [0.1, 0.15) is 52.7 Å². The van der Waals surface area contributed by atoms with Gasteiger partial charge in [-0.2, -0.15) is 9.97 Å². The highest BCUT2D eigenvalue weighted by Crippen LogP contribution is 2.66. The van der Waals surface area contributed by atoms with Crippen LogP contribution in [0.4, 0.5) is 10.6 Å². The summed E-state index contributed by atoms with van der Waals surface area (Å²) in [6, 6.07) is 0. The van der Waals surface area contributed by atoms with Crippen LogP contribution in [0, 0.1) is 16.7 Å². The molecule has 1 aliphatic heterocycles. The standard InChI is InChI=1S/C22H31ClN5O8P/c1-21(2)10-4-6-22(21,3)12(8-10)36-20(31)26-16-13-17(27-19(23)25-16)28(9-24-13)18-15(30)14(29)11(35-18)5-7-37(32,33)34/h9-12,14-15,18,29-30H,4-8H2,1-3H3,(H2,32,33,34)(H,25,26,27,31)/t10?,11?,12?,14?,15?,18?,22-/m0/s1. The second-order valence-electron chi connectivity index (χ2n) is 11.0. The summed E-state index contributed by atoms with van der Waals surface area (Å²) in [6.07, 6.45) is -2.43. The topological polar surface area (TPSA) is 189 Å². The van der Waals surface area contributed by atoms with Gasteiger partial charge >= 0.3 is 13.7 Å². The fourth-order valence-corrected chi connectivity index (χ4v) is 6.98. The van der Waals surface area contributed by atoms with E-state index in [1.165, 1.54) is 10.9 Å². The van der Waals surface area contributed by atoms with Gasteiger partial charge in [-0.15, -0.1) is 0 Å². The Kier molecular flexibility index (Phi) is 6.59. The van der Waals surface area contributed by atoms with Gasteiger partial charge in [0.15, 0.2) is 23.2 Å². The fraction of sp³-hybridized carbons (Fsp3) is 0.727. The van der Waals surface area contributed by atoms with Crippen molar-refractivity contribution in [3.8, 4) is 0 Å². The van der Waals surface area contributed by atoms with Gasteiger partial charge < -0.3 is 29.5 Å². The first-order valence-electron chi connectivity index (χ1n) is 12.1. The van der Waals surface area contributed by atoms with E-state index in [4.69, 9.17) is 30.9 Å². The van der Waals surface area contributed by atoms with Crippen LogP contribution in [0.15, 0.2) is 6.33 Å².